The van der Waals surface area contributed by atoms with Crippen LogP contribution in [0.3, 0.4) is 0 Å². The number of rotatable bonds is 8. The first-order valence-corrected chi connectivity index (χ1v) is 9.28. The molecule has 1 rings (SSSR count). The quantitative estimate of drug-likeness (QED) is 0.728. The lowest BCUT2D eigenvalue weighted by Gasteiger charge is -2.31. The Labute approximate surface area is 135 Å². The highest BCUT2D eigenvalue weighted by molar-refractivity contribution is 9.10. The summed E-state index contributed by atoms with van der Waals surface area (Å²) < 4.78 is 34.3. The second-order valence-electron chi connectivity index (χ2n) is 4.82. The zero-order valence-corrected chi connectivity index (χ0v) is 15.1. The van der Waals surface area contributed by atoms with Crippen LogP contribution in [-0.4, -0.2) is 27.1 Å². The van der Waals surface area contributed by atoms with E-state index in [0.29, 0.717) is 29.7 Å². The SMILES string of the molecule is CCOc1ccc(Br)cc1S(=O)(=O)NC(CC)(CC)CN. The van der Waals surface area contributed by atoms with E-state index in [0.717, 1.165) is 0 Å². The Hall–Kier alpha value is -0.630. The second-order valence-corrected chi connectivity index (χ2v) is 7.39. The van der Waals surface area contributed by atoms with E-state index in [1.165, 1.54) is 0 Å². The van der Waals surface area contributed by atoms with Crippen molar-refractivity contribution in [3.8, 4) is 5.75 Å². The third-order valence-corrected chi connectivity index (χ3v) is 5.68. The van der Waals surface area contributed by atoms with Crippen molar-refractivity contribution >= 4 is 26.0 Å². The fraction of sp³-hybridized carbons (Fsp3) is 0.571. The Morgan fingerprint density at radius 3 is 2.38 bits per heavy atom. The fourth-order valence-corrected chi connectivity index (χ4v) is 4.27. The molecule has 0 saturated heterocycles. The van der Waals surface area contributed by atoms with Crippen LogP contribution in [0.1, 0.15) is 33.6 Å². The Morgan fingerprint density at radius 1 is 1.29 bits per heavy atom. The lowest BCUT2D eigenvalue weighted by molar-refractivity contribution is 0.328. The average molecular weight is 379 g/mol. The van der Waals surface area contributed by atoms with Gasteiger partial charge in [0.05, 0.1) is 6.61 Å². The van der Waals surface area contributed by atoms with Gasteiger partial charge in [0.25, 0.3) is 0 Å². The molecule has 0 spiro atoms. The molecular formula is C14H23BrN2O3S. The van der Waals surface area contributed by atoms with Gasteiger partial charge in [0, 0.05) is 16.6 Å². The number of hydrogen-bond acceptors (Lipinski definition) is 4. The van der Waals surface area contributed by atoms with Crippen molar-refractivity contribution in [2.45, 2.75) is 44.0 Å². The minimum atomic E-state index is -3.71. The van der Waals surface area contributed by atoms with Crippen molar-refractivity contribution in [2.75, 3.05) is 13.2 Å². The summed E-state index contributed by atoms with van der Waals surface area (Å²) in [6.45, 7) is 6.30. The first-order valence-electron chi connectivity index (χ1n) is 7.00. The molecule has 3 N–H and O–H groups in total. The predicted octanol–water partition coefficient (Wildman–Crippen LogP) is 2.64. The highest BCUT2D eigenvalue weighted by Crippen LogP contribution is 2.29. The second kappa shape index (κ2) is 7.58. The summed E-state index contributed by atoms with van der Waals surface area (Å²) in [4.78, 5) is 0.124. The average Bonchev–Trinajstić information content (AvgIpc) is 2.47. The monoisotopic (exact) mass is 378 g/mol. The number of nitrogens with one attached hydrogen (secondary N) is 1. The molecule has 21 heavy (non-hydrogen) atoms. The summed E-state index contributed by atoms with van der Waals surface area (Å²) in [7, 11) is -3.71. The van der Waals surface area contributed by atoms with Crippen molar-refractivity contribution in [2.24, 2.45) is 5.73 Å². The van der Waals surface area contributed by atoms with E-state index in [2.05, 4.69) is 20.7 Å². The number of sulfonamides is 1. The summed E-state index contributed by atoms with van der Waals surface area (Å²) >= 11 is 3.30. The Morgan fingerprint density at radius 2 is 1.90 bits per heavy atom. The van der Waals surface area contributed by atoms with E-state index >= 15 is 0 Å². The molecule has 0 unspecified atom stereocenters. The van der Waals surface area contributed by atoms with Crippen LogP contribution in [0.25, 0.3) is 0 Å². The molecule has 0 fully saturated rings. The molecule has 0 aromatic heterocycles. The van der Waals surface area contributed by atoms with Crippen molar-refractivity contribution in [3.05, 3.63) is 22.7 Å². The lowest BCUT2D eigenvalue weighted by atomic mass is 9.95. The minimum absolute atomic E-state index is 0.124. The van der Waals surface area contributed by atoms with Crippen molar-refractivity contribution in [1.29, 1.82) is 0 Å². The van der Waals surface area contributed by atoms with Crippen LogP contribution < -0.4 is 15.2 Å². The van der Waals surface area contributed by atoms with Gasteiger partial charge in [-0.05, 0) is 38.0 Å². The molecule has 0 atom stereocenters. The molecule has 0 bridgehead atoms. The molecule has 0 radical (unpaired) electrons. The molecule has 0 aliphatic heterocycles. The van der Waals surface area contributed by atoms with Gasteiger partial charge in [0.15, 0.2) is 0 Å². The fourth-order valence-electron chi connectivity index (χ4n) is 2.03. The van der Waals surface area contributed by atoms with Gasteiger partial charge in [0.1, 0.15) is 10.6 Å². The lowest BCUT2D eigenvalue weighted by Crippen LogP contribution is -2.52. The van der Waals surface area contributed by atoms with Crippen LogP contribution in [-0.2, 0) is 10.0 Å². The molecule has 120 valence electrons. The maximum Gasteiger partial charge on any atom is 0.244 e. The number of nitrogens with two attached hydrogens (primary N) is 1. The molecule has 5 nitrogen and oxygen atoms in total. The zero-order valence-electron chi connectivity index (χ0n) is 12.6. The number of ether oxygens (including phenoxy) is 1. The molecule has 0 aliphatic carbocycles. The summed E-state index contributed by atoms with van der Waals surface area (Å²) in [6.07, 6.45) is 1.24. The standard InChI is InChI=1S/C14H23BrN2O3S/c1-4-14(5-2,10-16)17-21(18,19)13-9-11(15)7-8-12(13)20-6-3/h7-9,17H,4-6,10,16H2,1-3H3. The summed E-state index contributed by atoms with van der Waals surface area (Å²) in [5.74, 6) is 0.339. The van der Waals surface area contributed by atoms with Crippen LogP contribution in [0.4, 0.5) is 0 Å². The maximum absolute atomic E-state index is 12.7. The molecule has 0 heterocycles. The first kappa shape index (κ1) is 18.4. The van der Waals surface area contributed by atoms with Gasteiger partial charge in [-0.2, -0.15) is 0 Å². The topological polar surface area (TPSA) is 81.4 Å². The van der Waals surface area contributed by atoms with Crippen LogP contribution >= 0.6 is 15.9 Å². The summed E-state index contributed by atoms with van der Waals surface area (Å²) in [6, 6.07) is 4.93. The van der Waals surface area contributed by atoms with Crippen LogP contribution in [0, 0.1) is 0 Å². The number of benzene rings is 1. The minimum Gasteiger partial charge on any atom is -0.492 e. The van der Waals surface area contributed by atoms with Crippen LogP contribution in [0.15, 0.2) is 27.6 Å². The van der Waals surface area contributed by atoms with E-state index in [9.17, 15) is 8.42 Å². The predicted molar refractivity (Wildman–Crippen MR) is 88.0 cm³/mol. The van der Waals surface area contributed by atoms with Crippen LogP contribution in [0.5, 0.6) is 5.75 Å². The number of halogens is 1. The van der Waals surface area contributed by atoms with Gasteiger partial charge in [-0.3, -0.25) is 0 Å². The van der Waals surface area contributed by atoms with E-state index < -0.39 is 15.6 Å². The summed E-state index contributed by atoms with van der Waals surface area (Å²) in [5, 5.41) is 0. The highest BCUT2D eigenvalue weighted by atomic mass is 79.9. The molecule has 1 aromatic rings. The Bertz CT molecular complexity index is 563. The molecular weight excluding hydrogens is 356 g/mol. The maximum atomic E-state index is 12.7. The van der Waals surface area contributed by atoms with E-state index in [1.54, 1.807) is 18.2 Å². The van der Waals surface area contributed by atoms with Gasteiger partial charge in [-0.25, -0.2) is 13.1 Å². The van der Waals surface area contributed by atoms with Gasteiger partial charge >= 0.3 is 0 Å². The van der Waals surface area contributed by atoms with Crippen LogP contribution in [0.2, 0.25) is 0 Å². The highest BCUT2D eigenvalue weighted by Gasteiger charge is 2.32. The smallest absolute Gasteiger partial charge is 0.244 e. The third-order valence-electron chi connectivity index (χ3n) is 3.59. The van der Waals surface area contributed by atoms with E-state index in [1.807, 2.05) is 20.8 Å². The van der Waals surface area contributed by atoms with Gasteiger partial charge in [0.2, 0.25) is 10.0 Å². The zero-order chi connectivity index (χ0) is 16.1. The third kappa shape index (κ3) is 4.42. The van der Waals surface area contributed by atoms with Crippen molar-refractivity contribution < 1.29 is 13.2 Å². The largest absolute Gasteiger partial charge is 0.492 e. The Balaban J connectivity index is 3.27. The number of hydrogen-bond donors (Lipinski definition) is 2. The first-order chi connectivity index (χ1) is 9.84. The molecule has 0 aliphatic rings. The molecule has 7 heteroatoms. The molecule has 0 amide bonds. The molecule has 1 aromatic carbocycles. The van der Waals surface area contributed by atoms with Gasteiger partial charge in [-0.1, -0.05) is 29.8 Å². The van der Waals surface area contributed by atoms with Crippen molar-refractivity contribution in [1.82, 2.24) is 4.72 Å². The van der Waals surface area contributed by atoms with Crippen molar-refractivity contribution in [3.63, 3.8) is 0 Å². The van der Waals surface area contributed by atoms with Gasteiger partial charge < -0.3 is 10.5 Å². The Kier molecular flexibility index (Phi) is 6.65. The summed E-state index contributed by atoms with van der Waals surface area (Å²) in [5.41, 5.74) is 5.14. The van der Waals surface area contributed by atoms with E-state index in [-0.39, 0.29) is 11.4 Å². The van der Waals surface area contributed by atoms with Gasteiger partial charge in [-0.15, -0.1) is 0 Å². The molecule has 0 saturated carbocycles. The van der Waals surface area contributed by atoms with E-state index in [4.69, 9.17) is 10.5 Å². The normalized spacial score (nSPS) is 12.4.